The number of hydrogen-bond acceptors (Lipinski definition) is 5. The second-order valence-corrected chi connectivity index (χ2v) is 8.86. The van der Waals surface area contributed by atoms with E-state index in [4.69, 9.17) is 0 Å². The van der Waals surface area contributed by atoms with E-state index in [1.54, 1.807) is 0 Å². The van der Waals surface area contributed by atoms with Crippen LogP contribution >= 0.6 is 0 Å². The van der Waals surface area contributed by atoms with Crippen LogP contribution in [0.25, 0.3) is 0 Å². The molecule has 1 N–H and O–H groups in total. The SMILES string of the molecule is CCCNCCCS(=O)(=O)N1CCS(=O)(=O)CC1. The fourth-order valence-electron chi connectivity index (χ4n) is 1.78. The highest BCUT2D eigenvalue weighted by atomic mass is 32.2. The maximum absolute atomic E-state index is 11.9. The van der Waals surface area contributed by atoms with Gasteiger partial charge in [0.25, 0.3) is 0 Å². The smallest absolute Gasteiger partial charge is 0.214 e. The summed E-state index contributed by atoms with van der Waals surface area (Å²) in [4.78, 5) is 0. The molecule has 1 rings (SSSR count). The van der Waals surface area contributed by atoms with Crippen LogP contribution < -0.4 is 5.32 Å². The molecule has 0 saturated carbocycles. The first-order chi connectivity index (χ1) is 8.37. The van der Waals surface area contributed by atoms with E-state index in [2.05, 4.69) is 12.2 Å². The van der Waals surface area contributed by atoms with Crippen molar-refractivity contribution in [3.63, 3.8) is 0 Å². The maximum Gasteiger partial charge on any atom is 0.214 e. The van der Waals surface area contributed by atoms with Crippen LogP contribution in [0.1, 0.15) is 19.8 Å². The van der Waals surface area contributed by atoms with Crippen LogP contribution in [0.5, 0.6) is 0 Å². The molecule has 6 nitrogen and oxygen atoms in total. The second-order valence-electron chi connectivity index (χ2n) is 4.47. The van der Waals surface area contributed by atoms with E-state index in [-0.39, 0.29) is 30.3 Å². The van der Waals surface area contributed by atoms with Crippen LogP contribution in [0.3, 0.4) is 0 Å². The van der Waals surface area contributed by atoms with Gasteiger partial charge in [-0.2, -0.15) is 4.31 Å². The highest BCUT2D eigenvalue weighted by Crippen LogP contribution is 2.10. The summed E-state index contributed by atoms with van der Waals surface area (Å²) in [5.74, 6) is -0.0234. The molecule has 1 aliphatic heterocycles. The molecule has 1 fully saturated rings. The number of hydrogen-bond donors (Lipinski definition) is 1. The predicted molar refractivity (Wildman–Crippen MR) is 71.8 cm³/mol. The van der Waals surface area contributed by atoms with Gasteiger partial charge >= 0.3 is 0 Å². The first-order valence-corrected chi connectivity index (χ1v) is 9.69. The minimum atomic E-state index is -3.29. The first kappa shape index (κ1) is 15.9. The third-order valence-corrected chi connectivity index (χ3v) is 6.45. The number of nitrogens with one attached hydrogen (secondary N) is 1. The Morgan fingerprint density at radius 2 is 1.78 bits per heavy atom. The Morgan fingerprint density at radius 1 is 1.17 bits per heavy atom. The molecule has 0 aliphatic carbocycles. The predicted octanol–water partition coefficient (Wildman–Crippen LogP) is -0.564. The van der Waals surface area contributed by atoms with Gasteiger partial charge < -0.3 is 5.32 Å². The van der Waals surface area contributed by atoms with Crippen LogP contribution in [0.4, 0.5) is 0 Å². The average Bonchev–Trinajstić information content (AvgIpc) is 2.28. The van der Waals surface area contributed by atoms with Crippen molar-refractivity contribution >= 4 is 19.9 Å². The van der Waals surface area contributed by atoms with E-state index in [1.807, 2.05) is 0 Å². The van der Waals surface area contributed by atoms with E-state index >= 15 is 0 Å². The van der Waals surface area contributed by atoms with Gasteiger partial charge in [0.2, 0.25) is 10.0 Å². The molecule has 0 aromatic carbocycles. The fraction of sp³-hybridized carbons (Fsp3) is 1.00. The Hall–Kier alpha value is -0.180. The summed E-state index contributed by atoms with van der Waals surface area (Å²) in [5.41, 5.74) is 0. The lowest BCUT2D eigenvalue weighted by atomic mass is 10.4. The van der Waals surface area contributed by atoms with E-state index < -0.39 is 19.9 Å². The third kappa shape index (κ3) is 5.21. The minimum Gasteiger partial charge on any atom is -0.317 e. The normalized spacial score (nSPS) is 20.9. The van der Waals surface area contributed by atoms with E-state index in [1.165, 1.54) is 4.31 Å². The van der Waals surface area contributed by atoms with E-state index in [9.17, 15) is 16.8 Å². The second kappa shape index (κ2) is 6.83. The largest absolute Gasteiger partial charge is 0.317 e. The summed E-state index contributed by atoms with van der Waals surface area (Å²) >= 11 is 0. The monoisotopic (exact) mass is 298 g/mol. The Bertz CT molecular complexity index is 430. The molecule has 0 bridgehead atoms. The summed E-state index contributed by atoms with van der Waals surface area (Å²) in [6.45, 7) is 3.83. The molecule has 1 heterocycles. The van der Waals surface area contributed by atoms with Gasteiger partial charge in [0.05, 0.1) is 17.3 Å². The van der Waals surface area contributed by atoms with Crippen molar-refractivity contribution in [2.75, 3.05) is 43.4 Å². The van der Waals surface area contributed by atoms with E-state index in [0.717, 1.165) is 13.0 Å². The van der Waals surface area contributed by atoms with Crippen LogP contribution in [0.15, 0.2) is 0 Å². The topological polar surface area (TPSA) is 83.6 Å². The molecule has 0 unspecified atom stereocenters. The summed E-state index contributed by atoms with van der Waals surface area (Å²) < 4.78 is 47.6. The van der Waals surface area contributed by atoms with Crippen molar-refractivity contribution in [3.8, 4) is 0 Å². The molecule has 0 radical (unpaired) electrons. The zero-order valence-electron chi connectivity index (χ0n) is 10.8. The summed E-state index contributed by atoms with van der Waals surface area (Å²) in [7, 11) is -6.32. The Balaban J connectivity index is 2.36. The number of nitrogens with zero attached hydrogens (tertiary/aromatic N) is 1. The first-order valence-electron chi connectivity index (χ1n) is 6.26. The molecule has 1 saturated heterocycles. The quantitative estimate of drug-likeness (QED) is 0.637. The Labute approximate surface area is 110 Å². The molecule has 108 valence electrons. The van der Waals surface area contributed by atoms with Gasteiger partial charge in [0.1, 0.15) is 0 Å². The molecule has 0 atom stereocenters. The minimum absolute atomic E-state index is 0.0552. The molecule has 0 aromatic heterocycles. The molecule has 0 aromatic rings. The van der Waals surface area contributed by atoms with Gasteiger partial charge in [-0.1, -0.05) is 6.92 Å². The average molecular weight is 298 g/mol. The third-order valence-electron chi connectivity index (χ3n) is 2.88. The Kier molecular flexibility index (Phi) is 6.03. The molecular formula is C10H22N2O4S2. The number of sulfone groups is 1. The maximum atomic E-state index is 11.9. The fourth-order valence-corrected chi connectivity index (χ4v) is 4.72. The van der Waals surface area contributed by atoms with Gasteiger partial charge in [-0.15, -0.1) is 0 Å². The van der Waals surface area contributed by atoms with Gasteiger partial charge in [0, 0.05) is 13.1 Å². The van der Waals surface area contributed by atoms with Crippen LogP contribution in [0.2, 0.25) is 0 Å². The zero-order chi connectivity index (χ0) is 13.6. The molecule has 18 heavy (non-hydrogen) atoms. The van der Waals surface area contributed by atoms with Gasteiger partial charge in [0.15, 0.2) is 9.84 Å². The number of sulfonamides is 1. The lowest BCUT2D eigenvalue weighted by molar-refractivity contribution is 0.429. The molecule has 8 heteroatoms. The standard InChI is InChI=1S/C10H22N2O4S2/c1-2-4-11-5-3-8-18(15,16)12-6-9-17(13,14)10-7-12/h11H,2-10H2,1H3. The lowest BCUT2D eigenvalue weighted by Crippen LogP contribution is -2.44. The van der Waals surface area contributed by atoms with Crippen molar-refractivity contribution in [1.29, 1.82) is 0 Å². The molecule has 0 amide bonds. The molecule has 1 aliphatic rings. The summed E-state index contributed by atoms with van der Waals surface area (Å²) in [6.07, 6.45) is 1.59. The summed E-state index contributed by atoms with van der Waals surface area (Å²) in [5, 5.41) is 3.14. The summed E-state index contributed by atoms with van der Waals surface area (Å²) in [6, 6.07) is 0. The number of rotatable bonds is 7. The zero-order valence-corrected chi connectivity index (χ0v) is 12.4. The van der Waals surface area contributed by atoms with Gasteiger partial charge in [-0.05, 0) is 25.9 Å². The van der Waals surface area contributed by atoms with Crippen LogP contribution in [-0.4, -0.2) is 64.6 Å². The van der Waals surface area contributed by atoms with E-state index in [0.29, 0.717) is 13.0 Å². The van der Waals surface area contributed by atoms with Crippen molar-refractivity contribution in [1.82, 2.24) is 9.62 Å². The lowest BCUT2D eigenvalue weighted by Gasteiger charge is -2.25. The Morgan fingerprint density at radius 3 is 2.33 bits per heavy atom. The van der Waals surface area contributed by atoms with Gasteiger partial charge in [-0.25, -0.2) is 16.8 Å². The molecular weight excluding hydrogens is 276 g/mol. The van der Waals surface area contributed by atoms with Crippen molar-refractivity contribution in [3.05, 3.63) is 0 Å². The van der Waals surface area contributed by atoms with Crippen molar-refractivity contribution < 1.29 is 16.8 Å². The molecule has 0 spiro atoms. The van der Waals surface area contributed by atoms with Crippen LogP contribution in [0, 0.1) is 0 Å². The van der Waals surface area contributed by atoms with Gasteiger partial charge in [-0.3, -0.25) is 0 Å². The van der Waals surface area contributed by atoms with Crippen molar-refractivity contribution in [2.24, 2.45) is 0 Å². The highest BCUT2D eigenvalue weighted by Gasteiger charge is 2.29. The van der Waals surface area contributed by atoms with Crippen LogP contribution in [-0.2, 0) is 19.9 Å². The highest BCUT2D eigenvalue weighted by molar-refractivity contribution is 7.92. The van der Waals surface area contributed by atoms with Crippen molar-refractivity contribution in [2.45, 2.75) is 19.8 Å².